The molecule has 2 unspecified atom stereocenters. The third kappa shape index (κ3) is 3.07. The fraction of sp³-hybridized carbons (Fsp3) is 0.533. The van der Waals surface area contributed by atoms with Gasteiger partial charge in [0.15, 0.2) is 0 Å². The molecule has 2 atom stereocenters. The van der Waals surface area contributed by atoms with E-state index in [0.29, 0.717) is 25.5 Å². The summed E-state index contributed by atoms with van der Waals surface area (Å²) in [5.41, 5.74) is 6.79. The SMILES string of the molecule is CCOc1ccc(C(C)N2CC(CN)CC2=O)cc1. The quantitative estimate of drug-likeness (QED) is 0.882. The van der Waals surface area contributed by atoms with Crippen molar-refractivity contribution in [1.82, 2.24) is 4.90 Å². The summed E-state index contributed by atoms with van der Waals surface area (Å²) in [5, 5.41) is 0. The molecule has 1 aliphatic rings. The molecule has 2 rings (SSSR count). The molecule has 1 saturated heterocycles. The first kappa shape index (κ1) is 13.9. The zero-order chi connectivity index (χ0) is 13.8. The standard InChI is InChI=1S/C15H22N2O2/c1-3-19-14-6-4-13(5-7-14)11(2)17-10-12(9-16)8-15(17)18/h4-7,11-12H,3,8-10,16H2,1-2H3. The van der Waals surface area contributed by atoms with Crippen LogP contribution >= 0.6 is 0 Å². The maximum absolute atomic E-state index is 12.0. The summed E-state index contributed by atoms with van der Waals surface area (Å²) in [6, 6.07) is 8.06. The Hall–Kier alpha value is -1.55. The molecular formula is C15H22N2O2. The first-order valence-corrected chi connectivity index (χ1v) is 6.88. The third-order valence-corrected chi connectivity index (χ3v) is 3.71. The number of benzene rings is 1. The Morgan fingerprint density at radius 3 is 2.63 bits per heavy atom. The minimum atomic E-state index is 0.0970. The van der Waals surface area contributed by atoms with E-state index >= 15 is 0 Å². The van der Waals surface area contributed by atoms with Crippen LogP contribution in [0.3, 0.4) is 0 Å². The lowest BCUT2D eigenvalue weighted by atomic mass is 10.1. The number of carbonyl (C=O) groups excluding carboxylic acids is 1. The molecule has 1 heterocycles. The van der Waals surface area contributed by atoms with E-state index in [2.05, 4.69) is 6.92 Å². The largest absolute Gasteiger partial charge is 0.494 e. The van der Waals surface area contributed by atoms with E-state index in [-0.39, 0.29) is 11.9 Å². The highest BCUT2D eigenvalue weighted by molar-refractivity contribution is 5.79. The smallest absolute Gasteiger partial charge is 0.223 e. The van der Waals surface area contributed by atoms with E-state index in [4.69, 9.17) is 10.5 Å². The van der Waals surface area contributed by atoms with Gasteiger partial charge in [0, 0.05) is 13.0 Å². The maximum atomic E-state index is 12.0. The lowest BCUT2D eigenvalue weighted by Gasteiger charge is -2.25. The second-order valence-corrected chi connectivity index (χ2v) is 5.03. The summed E-state index contributed by atoms with van der Waals surface area (Å²) < 4.78 is 5.42. The molecule has 1 aromatic rings. The Morgan fingerprint density at radius 2 is 2.11 bits per heavy atom. The average Bonchev–Trinajstić information content (AvgIpc) is 2.80. The molecule has 4 nitrogen and oxygen atoms in total. The van der Waals surface area contributed by atoms with Crippen LogP contribution in [-0.4, -0.2) is 30.5 Å². The average molecular weight is 262 g/mol. The predicted octanol–water partition coefficient (Wildman–Crippen LogP) is 1.95. The van der Waals surface area contributed by atoms with Gasteiger partial charge in [0.2, 0.25) is 5.91 Å². The van der Waals surface area contributed by atoms with Gasteiger partial charge in [0.25, 0.3) is 0 Å². The van der Waals surface area contributed by atoms with Crippen molar-refractivity contribution in [3.05, 3.63) is 29.8 Å². The highest BCUT2D eigenvalue weighted by Crippen LogP contribution is 2.28. The summed E-state index contributed by atoms with van der Waals surface area (Å²) in [6.07, 6.45) is 0.581. The first-order valence-electron chi connectivity index (χ1n) is 6.88. The van der Waals surface area contributed by atoms with Gasteiger partial charge in [0.1, 0.15) is 5.75 Å². The number of nitrogens with two attached hydrogens (primary N) is 1. The van der Waals surface area contributed by atoms with Crippen molar-refractivity contribution in [3.8, 4) is 5.75 Å². The molecule has 0 bridgehead atoms. The molecule has 4 heteroatoms. The third-order valence-electron chi connectivity index (χ3n) is 3.71. The zero-order valence-corrected chi connectivity index (χ0v) is 11.6. The Labute approximate surface area is 114 Å². The van der Waals surface area contributed by atoms with Gasteiger partial charge < -0.3 is 15.4 Å². The number of hydrogen-bond acceptors (Lipinski definition) is 3. The minimum Gasteiger partial charge on any atom is -0.494 e. The number of likely N-dealkylation sites (tertiary alicyclic amines) is 1. The molecule has 1 aromatic carbocycles. The second-order valence-electron chi connectivity index (χ2n) is 5.03. The van der Waals surface area contributed by atoms with E-state index in [1.807, 2.05) is 36.1 Å². The van der Waals surface area contributed by atoms with E-state index < -0.39 is 0 Å². The summed E-state index contributed by atoms with van der Waals surface area (Å²) in [7, 11) is 0. The van der Waals surface area contributed by atoms with Gasteiger partial charge in [0.05, 0.1) is 12.6 Å². The normalized spacial score (nSPS) is 20.7. The van der Waals surface area contributed by atoms with Gasteiger partial charge in [-0.2, -0.15) is 0 Å². The maximum Gasteiger partial charge on any atom is 0.223 e. The van der Waals surface area contributed by atoms with Crippen LogP contribution in [0.25, 0.3) is 0 Å². The van der Waals surface area contributed by atoms with Crippen LogP contribution in [0, 0.1) is 5.92 Å². The van der Waals surface area contributed by atoms with Gasteiger partial charge in [-0.05, 0) is 44.0 Å². The fourth-order valence-electron chi connectivity index (χ4n) is 2.53. The molecule has 0 aliphatic carbocycles. The van der Waals surface area contributed by atoms with Crippen molar-refractivity contribution in [2.75, 3.05) is 19.7 Å². The van der Waals surface area contributed by atoms with Gasteiger partial charge in [-0.15, -0.1) is 0 Å². The number of carbonyl (C=O) groups is 1. The van der Waals surface area contributed by atoms with Gasteiger partial charge in [-0.3, -0.25) is 4.79 Å². The Morgan fingerprint density at radius 1 is 1.42 bits per heavy atom. The summed E-state index contributed by atoms with van der Waals surface area (Å²) in [5.74, 6) is 1.38. The number of rotatable bonds is 5. The Bertz CT molecular complexity index is 430. The van der Waals surface area contributed by atoms with Crippen LogP contribution in [0.4, 0.5) is 0 Å². The molecular weight excluding hydrogens is 240 g/mol. The van der Waals surface area contributed by atoms with Crippen molar-refractivity contribution < 1.29 is 9.53 Å². The summed E-state index contributed by atoms with van der Waals surface area (Å²) in [4.78, 5) is 13.9. The zero-order valence-electron chi connectivity index (χ0n) is 11.6. The molecule has 104 valence electrons. The molecule has 1 aliphatic heterocycles. The Kier molecular flexibility index (Phi) is 4.43. The van der Waals surface area contributed by atoms with Gasteiger partial charge in [-0.25, -0.2) is 0 Å². The number of hydrogen-bond donors (Lipinski definition) is 1. The minimum absolute atomic E-state index is 0.0970. The highest BCUT2D eigenvalue weighted by atomic mass is 16.5. The van der Waals surface area contributed by atoms with E-state index in [1.54, 1.807) is 0 Å². The molecule has 1 amide bonds. The number of nitrogens with zero attached hydrogens (tertiary/aromatic N) is 1. The molecule has 19 heavy (non-hydrogen) atoms. The Balaban J connectivity index is 2.06. The molecule has 0 radical (unpaired) electrons. The van der Waals surface area contributed by atoms with Crippen LogP contribution in [-0.2, 0) is 4.79 Å². The van der Waals surface area contributed by atoms with E-state index in [9.17, 15) is 4.79 Å². The topological polar surface area (TPSA) is 55.6 Å². The number of amides is 1. The summed E-state index contributed by atoms with van der Waals surface area (Å²) in [6.45, 7) is 6.04. The monoisotopic (exact) mass is 262 g/mol. The molecule has 0 spiro atoms. The molecule has 0 aromatic heterocycles. The molecule has 0 saturated carbocycles. The lowest BCUT2D eigenvalue weighted by Crippen LogP contribution is -2.29. The fourth-order valence-corrected chi connectivity index (χ4v) is 2.53. The van der Waals surface area contributed by atoms with E-state index in [1.165, 1.54) is 0 Å². The highest BCUT2D eigenvalue weighted by Gasteiger charge is 2.32. The van der Waals surface area contributed by atoms with Crippen LogP contribution in [0.5, 0.6) is 5.75 Å². The van der Waals surface area contributed by atoms with Crippen molar-refractivity contribution in [3.63, 3.8) is 0 Å². The first-order chi connectivity index (χ1) is 9.15. The van der Waals surface area contributed by atoms with Gasteiger partial charge in [-0.1, -0.05) is 12.1 Å². The molecule has 1 fully saturated rings. The van der Waals surface area contributed by atoms with E-state index in [0.717, 1.165) is 17.9 Å². The predicted molar refractivity (Wildman–Crippen MR) is 74.9 cm³/mol. The van der Waals surface area contributed by atoms with Crippen LogP contribution in [0.1, 0.15) is 31.9 Å². The van der Waals surface area contributed by atoms with Crippen molar-refractivity contribution in [1.29, 1.82) is 0 Å². The second kappa shape index (κ2) is 6.06. The van der Waals surface area contributed by atoms with Crippen LogP contribution < -0.4 is 10.5 Å². The summed E-state index contributed by atoms with van der Waals surface area (Å²) >= 11 is 0. The van der Waals surface area contributed by atoms with Gasteiger partial charge >= 0.3 is 0 Å². The van der Waals surface area contributed by atoms with Crippen molar-refractivity contribution in [2.45, 2.75) is 26.3 Å². The van der Waals surface area contributed by atoms with Crippen molar-refractivity contribution >= 4 is 5.91 Å². The van der Waals surface area contributed by atoms with Crippen molar-refractivity contribution in [2.24, 2.45) is 11.7 Å². The molecule has 2 N–H and O–H groups in total. The number of ether oxygens (including phenoxy) is 1. The van der Waals surface area contributed by atoms with Crippen LogP contribution in [0.2, 0.25) is 0 Å². The van der Waals surface area contributed by atoms with Crippen LogP contribution in [0.15, 0.2) is 24.3 Å². The lowest BCUT2D eigenvalue weighted by molar-refractivity contribution is -0.129.